The number of piperazine rings is 1. The van der Waals surface area contributed by atoms with Crippen molar-refractivity contribution in [2.24, 2.45) is 0 Å². The summed E-state index contributed by atoms with van der Waals surface area (Å²) in [4.78, 5) is 37.6. The topological polar surface area (TPSA) is 69.7 Å². The molecular formula is C13H12FN3O3. The number of hydrogen-bond acceptors (Lipinski definition) is 4. The van der Waals surface area contributed by atoms with Crippen molar-refractivity contribution in [3.63, 3.8) is 0 Å². The lowest BCUT2D eigenvalue weighted by Gasteiger charge is -2.33. The fourth-order valence-corrected chi connectivity index (χ4v) is 2.36. The predicted molar refractivity (Wildman–Crippen MR) is 69.2 cm³/mol. The summed E-state index contributed by atoms with van der Waals surface area (Å²) in [6.45, 7) is 1.08. The van der Waals surface area contributed by atoms with Crippen LogP contribution in [0.3, 0.4) is 0 Å². The average molecular weight is 277 g/mol. The van der Waals surface area contributed by atoms with E-state index in [2.05, 4.69) is 5.32 Å². The first-order chi connectivity index (χ1) is 9.47. The second-order valence-electron chi connectivity index (χ2n) is 4.87. The molecule has 0 radical (unpaired) electrons. The maximum Gasteiger partial charge on any atom is 0.296 e. The quantitative estimate of drug-likeness (QED) is 0.746. The number of halogens is 1. The zero-order valence-electron chi connectivity index (χ0n) is 10.8. The number of rotatable bonds is 1. The van der Waals surface area contributed by atoms with Gasteiger partial charge in [0.1, 0.15) is 5.82 Å². The highest BCUT2D eigenvalue weighted by molar-refractivity contribution is 6.51. The summed E-state index contributed by atoms with van der Waals surface area (Å²) in [6.07, 6.45) is 0. The Morgan fingerprint density at radius 2 is 1.95 bits per heavy atom. The summed E-state index contributed by atoms with van der Waals surface area (Å²) in [5.74, 6) is -2.20. The first-order valence-electron chi connectivity index (χ1n) is 6.15. The van der Waals surface area contributed by atoms with Crippen molar-refractivity contribution in [1.82, 2.24) is 4.90 Å². The van der Waals surface area contributed by atoms with Crippen LogP contribution in [-0.2, 0) is 9.59 Å². The van der Waals surface area contributed by atoms with E-state index in [1.54, 1.807) is 16.8 Å². The number of benzene rings is 1. The molecule has 0 saturated carbocycles. The first kappa shape index (κ1) is 12.6. The van der Waals surface area contributed by atoms with Gasteiger partial charge < -0.3 is 15.1 Å². The zero-order valence-corrected chi connectivity index (χ0v) is 10.8. The number of ketones is 1. The Labute approximate surface area is 114 Å². The van der Waals surface area contributed by atoms with E-state index in [-0.39, 0.29) is 23.7 Å². The molecule has 0 atom stereocenters. The molecule has 0 unspecified atom stereocenters. The van der Waals surface area contributed by atoms with E-state index in [1.165, 1.54) is 6.07 Å². The normalized spacial score (nSPS) is 18.4. The van der Waals surface area contributed by atoms with E-state index in [1.807, 2.05) is 0 Å². The number of Topliss-reactive ketones (excluding diaryl/α,β-unsaturated/α-hetero) is 1. The van der Waals surface area contributed by atoms with E-state index in [0.29, 0.717) is 18.8 Å². The first-order valence-corrected chi connectivity index (χ1v) is 6.15. The second kappa shape index (κ2) is 4.29. The maximum absolute atomic E-state index is 14.1. The van der Waals surface area contributed by atoms with Crippen LogP contribution in [0.5, 0.6) is 0 Å². The van der Waals surface area contributed by atoms with Crippen LogP contribution in [0.2, 0.25) is 0 Å². The van der Waals surface area contributed by atoms with Gasteiger partial charge in [-0.25, -0.2) is 4.39 Å². The molecule has 2 aliphatic rings. The number of nitrogens with zero attached hydrogens (tertiary/aromatic N) is 2. The predicted octanol–water partition coefficient (Wildman–Crippen LogP) is 0.239. The molecule has 20 heavy (non-hydrogen) atoms. The Morgan fingerprint density at radius 1 is 1.20 bits per heavy atom. The van der Waals surface area contributed by atoms with E-state index in [9.17, 15) is 18.8 Å². The molecule has 3 rings (SSSR count). The number of nitrogens with one attached hydrogen (secondary N) is 1. The summed E-state index contributed by atoms with van der Waals surface area (Å²) in [5.41, 5.74) is 0.555. The molecule has 6 nitrogen and oxygen atoms in total. The molecule has 2 amide bonds. The average Bonchev–Trinajstić information content (AvgIpc) is 2.68. The molecule has 0 spiro atoms. The summed E-state index contributed by atoms with van der Waals surface area (Å²) in [7, 11) is 1.69. The largest absolute Gasteiger partial charge is 0.358 e. The Kier molecular flexibility index (Phi) is 2.70. The van der Waals surface area contributed by atoms with Crippen LogP contribution in [0, 0.1) is 5.82 Å². The lowest BCUT2D eigenvalue weighted by Crippen LogP contribution is -2.48. The lowest BCUT2D eigenvalue weighted by atomic mass is 10.1. The van der Waals surface area contributed by atoms with Gasteiger partial charge in [-0.2, -0.15) is 0 Å². The molecule has 1 aromatic carbocycles. The summed E-state index contributed by atoms with van der Waals surface area (Å²) in [5, 5.41) is 2.40. The van der Waals surface area contributed by atoms with E-state index < -0.39 is 17.5 Å². The highest BCUT2D eigenvalue weighted by Crippen LogP contribution is 2.31. The van der Waals surface area contributed by atoms with Gasteiger partial charge in [-0.1, -0.05) is 0 Å². The minimum Gasteiger partial charge on any atom is -0.358 e. The van der Waals surface area contributed by atoms with Crippen molar-refractivity contribution >= 4 is 29.0 Å². The van der Waals surface area contributed by atoms with E-state index >= 15 is 0 Å². The molecule has 104 valence electrons. The monoisotopic (exact) mass is 277 g/mol. The molecule has 1 aromatic rings. The van der Waals surface area contributed by atoms with Crippen molar-refractivity contribution in [2.75, 3.05) is 36.9 Å². The Balaban J connectivity index is 1.96. The molecular weight excluding hydrogens is 265 g/mol. The fraction of sp³-hybridized carbons (Fsp3) is 0.308. The van der Waals surface area contributed by atoms with Crippen LogP contribution >= 0.6 is 0 Å². The minimum atomic E-state index is -0.758. The van der Waals surface area contributed by atoms with Crippen LogP contribution in [0.25, 0.3) is 0 Å². The van der Waals surface area contributed by atoms with Gasteiger partial charge >= 0.3 is 0 Å². The number of carbonyl (C=O) groups excluding carboxylic acids is 3. The maximum atomic E-state index is 14.1. The number of likely N-dealkylation sites (N-methyl/N-ethyl adjacent to an activating group) is 1. The van der Waals surface area contributed by atoms with E-state index in [0.717, 1.165) is 6.07 Å². The van der Waals surface area contributed by atoms with Crippen LogP contribution < -0.4 is 10.2 Å². The van der Waals surface area contributed by atoms with Crippen LogP contribution in [0.15, 0.2) is 12.1 Å². The van der Waals surface area contributed by atoms with Crippen LogP contribution in [0.4, 0.5) is 15.8 Å². The van der Waals surface area contributed by atoms with Crippen molar-refractivity contribution in [3.05, 3.63) is 23.5 Å². The third kappa shape index (κ3) is 1.82. The van der Waals surface area contributed by atoms with Crippen molar-refractivity contribution in [3.8, 4) is 0 Å². The Morgan fingerprint density at radius 3 is 2.65 bits per heavy atom. The molecule has 0 aromatic heterocycles. The van der Waals surface area contributed by atoms with Gasteiger partial charge in [0.05, 0.1) is 23.5 Å². The SMILES string of the molecule is CN1CCN(c2cc3c(cc2F)C(=O)C(=O)N3)CC1=O. The van der Waals surface area contributed by atoms with Crippen LogP contribution in [0.1, 0.15) is 10.4 Å². The van der Waals surface area contributed by atoms with Crippen molar-refractivity contribution in [1.29, 1.82) is 0 Å². The van der Waals surface area contributed by atoms with Gasteiger partial charge in [0.2, 0.25) is 5.91 Å². The Hall–Kier alpha value is -2.44. The summed E-state index contributed by atoms with van der Waals surface area (Å²) >= 11 is 0. The minimum absolute atomic E-state index is 0.0386. The molecule has 7 heteroatoms. The lowest BCUT2D eigenvalue weighted by molar-refractivity contribution is -0.129. The standard InChI is InChI=1S/C13H12FN3O3/c1-16-2-3-17(6-11(16)18)10-5-9-7(4-8(10)14)12(19)13(20)15-9/h4-5H,2-3,6H2,1H3,(H,15,19,20). The number of anilines is 2. The van der Waals surface area contributed by atoms with E-state index in [4.69, 9.17) is 0 Å². The third-order valence-electron chi connectivity index (χ3n) is 3.58. The fourth-order valence-electron chi connectivity index (χ4n) is 2.36. The van der Waals surface area contributed by atoms with Crippen molar-refractivity contribution in [2.45, 2.75) is 0 Å². The highest BCUT2D eigenvalue weighted by atomic mass is 19.1. The number of fused-ring (bicyclic) bond motifs is 1. The van der Waals surface area contributed by atoms with Gasteiger partial charge in [0, 0.05) is 20.1 Å². The summed E-state index contributed by atoms with van der Waals surface area (Å²) in [6, 6.07) is 2.46. The number of hydrogen-bond donors (Lipinski definition) is 1. The molecule has 1 fully saturated rings. The molecule has 1 saturated heterocycles. The van der Waals surface area contributed by atoms with Gasteiger partial charge in [-0.15, -0.1) is 0 Å². The molecule has 0 bridgehead atoms. The van der Waals surface area contributed by atoms with Gasteiger partial charge in [-0.3, -0.25) is 14.4 Å². The third-order valence-corrected chi connectivity index (χ3v) is 3.58. The number of carbonyl (C=O) groups is 3. The zero-order chi connectivity index (χ0) is 14.4. The van der Waals surface area contributed by atoms with Crippen molar-refractivity contribution < 1.29 is 18.8 Å². The van der Waals surface area contributed by atoms with Gasteiger partial charge in [0.15, 0.2) is 0 Å². The van der Waals surface area contributed by atoms with Gasteiger partial charge in [-0.05, 0) is 12.1 Å². The molecule has 2 aliphatic heterocycles. The second-order valence-corrected chi connectivity index (χ2v) is 4.87. The summed E-state index contributed by atoms with van der Waals surface area (Å²) < 4.78 is 14.1. The number of amides is 2. The van der Waals surface area contributed by atoms with Crippen LogP contribution in [-0.4, -0.2) is 49.2 Å². The highest BCUT2D eigenvalue weighted by Gasteiger charge is 2.31. The smallest absolute Gasteiger partial charge is 0.296 e. The Bertz CT molecular complexity index is 644. The molecule has 1 N–H and O–H groups in total. The molecule has 2 heterocycles. The van der Waals surface area contributed by atoms with Gasteiger partial charge in [0.25, 0.3) is 11.7 Å². The molecule has 0 aliphatic carbocycles.